The highest BCUT2D eigenvalue weighted by Gasteiger charge is 2.19. The number of sulfonamides is 2. The second-order valence-corrected chi connectivity index (χ2v) is 8.46. The van der Waals surface area contributed by atoms with Crippen LogP contribution < -0.4 is 19.3 Å². The standard InChI is InChI=1S/C14H15ClN2O6S2/c1-22-13-8-12(14(23-2)7-11(13)15)17-25(20,21)10-5-3-9(4-6-10)24(16,18)19/h3-8,17H,1-2H3,(H2,16,18,19). The molecule has 136 valence electrons. The van der Waals surface area contributed by atoms with Crippen LogP contribution in [0.3, 0.4) is 0 Å². The van der Waals surface area contributed by atoms with Gasteiger partial charge >= 0.3 is 0 Å². The third kappa shape index (κ3) is 4.34. The van der Waals surface area contributed by atoms with Crippen molar-refractivity contribution in [2.45, 2.75) is 9.79 Å². The molecule has 0 atom stereocenters. The maximum atomic E-state index is 12.5. The molecule has 2 rings (SSSR count). The fourth-order valence-corrected chi connectivity index (χ4v) is 3.76. The SMILES string of the molecule is COc1cc(NS(=O)(=O)c2ccc(S(N)(=O)=O)cc2)c(OC)cc1Cl. The van der Waals surface area contributed by atoms with E-state index in [2.05, 4.69) is 4.72 Å². The minimum Gasteiger partial charge on any atom is -0.495 e. The molecule has 0 radical (unpaired) electrons. The van der Waals surface area contributed by atoms with Gasteiger partial charge in [-0.3, -0.25) is 4.72 Å². The lowest BCUT2D eigenvalue weighted by molar-refractivity contribution is 0.405. The van der Waals surface area contributed by atoms with Gasteiger partial charge in [-0.2, -0.15) is 0 Å². The molecule has 0 amide bonds. The summed E-state index contributed by atoms with van der Waals surface area (Å²) in [5.74, 6) is 0.445. The largest absolute Gasteiger partial charge is 0.495 e. The number of nitrogens with one attached hydrogen (secondary N) is 1. The van der Waals surface area contributed by atoms with Crippen LogP contribution in [-0.4, -0.2) is 31.1 Å². The molecule has 25 heavy (non-hydrogen) atoms. The second-order valence-electron chi connectivity index (χ2n) is 4.81. The van der Waals surface area contributed by atoms with E-state index in [9.17, 15) is 16.8 Å². The van der Waals surface area contributed by atoms with Crippen molar-refractivity contribution in [1.82, 2.24) is 0 Å². The Hall–Kier alpha value is -2.01. The van der Waals surface area contributed by atoms with Crippen molar-refractivity contribution < 1.29 is 26.3 Å². The van der Waals surface area contributed by atoms with E-state index >= 15 is 0 Å². The number of hydrogen-bond acceptors (Lipinski definition) is 6. The van der Waals surface area contributed by atoms with Gasteiger partial charge in [-0.1, -0.05) is 11.6 Å². The van der Waals surface area contributed by atoms with Gasteiger partial charge in [-0.25, -0.2) is 22.0 Å². The van der Waals surface area contributed by atoms with Gasteiger partial charge in [-0.15, -0.1) is 0 Å². The van der Waals surface area contributed by atoms with Gasteiger partial charge in [0.25, 0.3) is 10.0 Å². The molecule has 0 aliphatic carbocycles. The first-order chi connectivity index (χ1) is 11.6. The summed E-state index contributed by atoms with van der Waals surface area (Å²) in [6.07, 6.45) is 0. The van der Waals surface area contributed by atoms with Gasteiger partial charge in [0.1, 0.15) is 11.5 Å². The maximum absolute atomic E-state index is 12.5. The molecule has 0 fully saturated rings. The molecule has 2 aromatic carbocycles. The van der Waals surface area contributed by atoms with Crippen LogP contribution in [0.15, 0.2) is 46.2 Å². The zero-order chi connectivity index (χ0) is 18.8. The quantitative estimate of drug-likeness (QED) is 0.753. The molecule has 0 saturated heterocycles. The molecule has 0 aliphatic heterocycles. The molecule has 0 heterocycles. The number of nitrogens with two attached hydrogens (primary N) is 1. The summed E-state index contributed by atoms with van der Waals surface area (Å²) in [6, 6.07) is 7.23. The maximum Gasteiger partial charge on any atom is 0.262 e. The number of rotatable bonds is 6. The predicted octanol–water partition coefficient (Wildman–Crippen LogP) is 1.81. The number of halogens is 1. The Morgan fingerprint density at radius 2 is 1.44 bits per heavy atom. The lowest BCUT2D eigenvalue weighted by Gasteiger charge is -2.14. The summed E-state index contributed by atoms with van der Waals surface area (Å²) >= 11 is 5.98. The van der Waals surface area contributed by atoms with Crippen LogP contribution in [-0.2, 0) is 20.0 Å². The zero-order valence-corrected chi connectivity index (χ0v) is 15.6. The Morgan fingerprint density at radius 1 is 0.920 bits per heavy atom. The van der Waals surface area contributed by atoms with E-state index in [0.29, 0.717) is 0 Å². The van der Waals surface area contributed by atoms with Crippen molar-refractivity contribution in [3.05, 3.63) is 41.4 Å². The van der Waals surface area contributed by atoms with Gasteiger partial charge in [0.15, 0.2) is 0 Å². The molecular formula is C14H15ClN2O6S2. The lowest BCUT2D eigenvalue weighted by atomic mass is 10.3. The molecule has 3 N–H and O–H groups in total. The topological polar surface area (TPSA) is 125 Å². The molecular weight excluding hydrogens is 392 g/mol. The minimum atomic E-state index is -4.01. The van der Waals surface area contributed by atoms with Crippen LogP contribution in [0, 0.1) is 0 Å². The number of hydrogen-bond donors (Lipinski definition) is 2. The van der Waals surface area contributed by atoms with Crippen molar-refractivity contribution in [2.24, 2.45) is 5.14 Å². The highest BCUT2D eigenvalue weighted by molar-refractivity contribution is 7.92. The highest BCUT2D eigenvalue weighted by atomic mass is 35.5. The molecule has 0 unspecified atom stereocenters. The number of ether oxygens (including phenoxy) is 2. The average molecular weight is 407 g/mol. The summed E-state index contributed by atoms with van der Waals surface area (Å²) in [5.41, 5.74) is 0.110. The van der Waals surface area contributed by atoms with E-state index in [1.165, 1.54) is 26.4 Å². The third-order valence-electron chi connectivity index (χ3n) is 3.18. The molecule has 11 heteroatoms. The summed E-state index contributed by atoms with van der Waals surface area (Å²) in [6.45, 7) is 0. The molecule has 0 saturated carbocycles. The number of anilines is 1. The number of methoxy groups -OCH3 is 2. The van der Waals surface area contributed by atoms with Crippen LogP contribution in [0.1, 0.15) is 0 Å². The molecule has 0 aromatic heterocycles. The Labute approximate surface area is 150 Å². The summed E-state index contributed by atoms with van der Waals surface area (Å²) in [7, 11) is -5.18. The highest BCUT2D eigenvalue weighted by Crippen LogP contribution is 2.36. The van der Waals surface area contributed by atoms with Crippen LogP contribution in [0.4, 0.5) is 5.69 Å². The third-order valence-corrected chi connectivity index (χ3v) is 5.79. The summed E-state index contributed by atoms with van der Waals surface area (Å²) in [5, 5.41) is 5.24. The van der Waals surface area contributed by atoms with Crippen molar-refractivity contribution in [3.63, 3.8) is 0 Å². The minimum absolute atomic E-state index is 0.110. The molecule has 8 nitrogen and oxygen atoms in total. The summed E-state index contributed by atoms with van der Waals surface area (Å²) in [4.78, 5) is -0.354. The van der Waals surface area contributed by atoms with Crippen LogP contribution in [0.2, 0.25) is 5.02 Å². The van der Waals surface area contributed by atoms with E-state index < -0.39 is 20.0 Å². The first-order valence-corrected chi connectivity index (χ1v) is 10.1. The van der Waals surface area contributed by atoms with Crippen molar-refractivity contribution in [3.8, 4) is 11.5 Å². The molecule has 0 spiro atoms. The van der Waals surface area contributed by atoms with Gasteiger partial charge in [0.2, 0.25) is 10.0 Å². The lowest BCUT2D eigenvalue weighted by Crippen LogP contribution is -2.15. The van der Waals surface area contributed by atoms with E-state index in [1.807, 2.05) is 0 Å². The first kappa shape index (κ1) is 19.3. The van der Waals surface area contributed by atoms with Crippen molar-refractivity contribution in [1.29, 1.82) is 0 Å². The molecule has 0 aliphatic rings. The smallest absolute Gasteiger partial charge is 0.262 e. The predicted molar refractivity (Wildman–Crippen MR) is 93.2 cm³/mol. The van der Waals surface area contributed by atoms with E-state index in [0.717, 1.165) is 24.3 Å². The van der Waals surface area contributed by atoms with Crippen molar-refractivity contribution in [2.75, 3.05) is 18.9 Å². The first-order valence-electron chi connectivity index (χ1n) is 6.65. The van der Waals surface area contributed by atoms with Crippen LogP contribution in [0.25, 0.3) is 0 Å². The Morgan fingerprint density at radius 3 is 1.92 bits per heavy atom. The van der Waals surface area contributed by atoms with Crippen molar-refractivity contribution >= 4 is 37.3 Å². The molecule has 2 aromatic rings. The fourth-order valence-electron chi connectivity index (χ4n) is 1.95. The monoisotopic (exact) mass is 406 g/mol. The average Bonchev–Trinajstić information content (AvgIpc) is 2.55. The van der Waals surface area contributed by atoms with E-state index in [1.54, 1.807) is 0 Å². The van der Waals surface area contributed by atoms with E-state index in [-0.39, 0.29) is 32.0 Å². The van der Waals surface area contributed by atoms with Gasteiger partial charge < -0.3 is 9.47 Å². The van der Waals surface area contributed by atoms with Crippen LogP contribution in [0.5, 0.6) is 11.5 Å². The molecule has 0 bridgehead atoms. The zero-order valence-electron chi connectivity index (χ0n) is 13.2. The van der Waals surface area contributed by atoms with E-state index in [4.69, 9.17) is 26.2 Å². The number of primary sulfonamides is 1. The fraction of sp³-hybridized carbons (Fsp3) is 0.143. The summed E-state index contributed by atoms with van der Waals surface area (Å²) < 4.78 is 60.0. The van der Waals surface area contributed by atoms with Gasteiger partial charge in [0.05, 0.1) is 34.7 Å². The van der Waals surface area contributed by atoms with Gasteiger partial charge in [0, 0.05) is 12.1 Å². The normalized spacial score (nSPS) is 11.8. The Kier molecular flexibility index (Phi) is 5.47. The Balaban J connectivity index is 2.42. The number of benzene rings is 2. The van der Waals surface area contributed by atoms with Crippen LogP contribution >= 0.6 is 11.6 Å². The van der Waals surface area contributed by atoms with Gasteiger partial charge in [-0.05, 0) is 24.3 Å². The second kappa shape index (κ2) is 7.08. The Bertz CT molecular complexity index is 989.